The molecule has 0 spiro atoms. The van der Waals surface area contributed by atoms with Gasteiger partial charge in [-0.15, -0.1) is 0 Å². The fourth-order valence-corrected chi connectivity index (χ4v) is 2.61. The zero-order valence-electron chi connectivity index (χ0n) is 9.33. The van der Waals surface area contributed by atoms with Crippen LogP contribution in [0.2, 0.25) is 0 Å². The van der Waals surface area contributed by atoms with Crippen LogP contribution in [0.15, 0.2) is 22.7 Å². The molecule has 4 heteroatoms. The summed E-state index contributed by atoms with van der Waals surface area (Å²) in [5, 5.41) is 3.58. The van der Waals surface area contributed by atoms with E-state index >= 15 is 0 Å². The van der Waals surface area contributed by atoms with Crippen LogP contribution < -0.4 is 10.1 Å². The van der Waals surface area contributed by atoms with E-state index in [0.717, 1.165) is 35.5 Å². The van der Waals surface area contributed by atoms with Crippen molar-refractivity contribution in [2.45, 2.75) is 12.5 Å². The highest BCUT2D eigenvalue weighted by atomic mass is 79.9. The summed E-state index contributed by atoms with van der Waals surface area (Å²) in [6, 6.07) is 6.67. The lowest BCUT2D eigenvalue weighted by molar-refractivity contribution is 0.254. The van der Waals surface area contributed by atoms with Gasteiger partial charge in [-0.1, -0.05) is 15.9 Å². The number of nitrogens with one attached hydrogen (secondary N) is 1. The molecular weight excluding hydrogens is 286 g/mol. The minimum Gasteiger partial charge on any atom is -0.493 e. The van der Waals surface area contributed by atoms with Gasteiger partial charge in [-0.05, 0) is 24.5 Å². The fraction of sp³-hybridized carbons (Fsp3) is 0.500. The summed E-state index contributed by atoms with van der Waals surface area (Å²) in [4.78, 5) is 0. The number of halogens is 1. The second-order valence-electron chi connectivity index (χ2n) is 3.82. The first-order chi connectivity index (χ1) is 7.81. The fourth-order valence-electron chi connectivity index (χ4n) is 1.91. The van der Waals surface area contributed by atoms with Crippen LogP contribution in [0.1, 0.15) is 18.0 Å². The van der Waals surface area contributed by atoms with Gasteiger partial charge in [-0.25, -0.2) is 0 Å². The van der Waals surface area contributed by atoms with Crippen LogP contribution in [-0.2, 0) is 0 Å². The van der Waals surface area contributed by atoms with Gasteiger partial charge in [0.1, 0.15) is 5.75 Å². The Morgan fingerprint density at radius 1 is 1.56 bits per heavy atom. The highest BCUT2D eigenvalue weighted by Gasteiger charge is 2.20. The number of benzene rings is 1. The number of rotatable bonds is 4. The Morgan fingerprint density at radius 3 is 3.25 bits per heavy atom. The van der Waals surface area contributed by atoms with Crippen molar-refractivity contribution in [3.8, 4) is 5.75 Å². The molecule has 1 aliphatic heterocycles. The Kier molecular flexibility index (Phi) is 4.55. The lowest BCUT2D eigenvalue weighted by Crippen LogP contribution is -2.28. The largest absolute Gasteiger partial charge is 0.493 e. The molecule has 1 unspecified atom stereocenters. The molecule has 0 aromatic heterocycles. The van der Waals surface area contributed by atoms with E-state index in [1.54, 1.807) is 0 Å². The van der Waals surface area contributed by atoms with Gasteiger partial charge in [0.2, 0.25) is 0 Å². The van der Waals surface area contributed by atoms with Crippen molar-refractivity contribution in [2.75, 3.05) is 25.2 Å². The SMILES string of the molecule is CSCCNC1CCOc2ccc(Br)cc21. The lowest BCUT2D eigenvalue weighted by atomic mass is 10.0. The van der Waals surface area contributed by atoms with E-state index in [4.69, 9.17) is 4.74 Å². The first-order valence-corrected chi connectivity index (χ1v) is 7.64. The van der Waals surface area contributed by atoms with Crippen LogP contribution in [-0.4, -0.2) is 25.2 Å². The van der Waals surface area contributed by atoms with Crippen molar-refractivity contribution in [1.82, 2.24) is 5.32 Å². The minimum absolute atomic E-state index is 0.438. The smallest absolute Gasteiger partial charge is 0.124 e. The molecule has 0 saturated carbocycles. The molecule has 2 nitrogen and oxygen atoms in total. The van der Waals surface area contributed by atoms with E-state index in [1.165, 1.54) is 5.56 Å². The lowest BCUT2D eigenvalue weighted by Gasteiger charge is -2.27. The Hall–Kier alpha value is -0.190. The van der Waals surface area contributed by atoms with Gasteiger partial charge in [0.25, 0.3) is 0 Å². The Labute approximate surface area is 109 Å². The maximum absolute atomic E-state index is 5.65. The van der Waals surface area contributed by atoms with Crippen LogP contribution >= 0.6 is 27.7 Å². The molecule has 1 aromatic carbocycles. The van der Waals surface area contributed by atoms with Gasteiger partial charge in [-0.3, -0.25) is 0 Å². The van der Waals surface area contributed by atoms with E-state index < -0.39 is 0 Å². The topological polar surface area (TPSA) is 21.3 Å². The number of hydrogen-bond donors (Lipinski definition) is 1. The Morgan fingerprint density at radius 2 is 2.44 bits per heavy atom. The summed E-state index contributed by atoms with van der Waals surface area (Å²) < 4.78 is 6.77. The maximum atomic E-state index is 5.65. The summed E-state index contributed by atoms with van der Waals surface area (Å²) in [5.74, 6) is 2.18. The van der Waals surface area contributed by atoms with Crippen molar-refractivity contribution in [2.24, 2.45) is 0 Å². The van der Waals surface area contributed by atoms with Crippen LogP contribution in [0.4, 0.5) is 0 Å². The predicted molar refractivity (Wildman–Crippen MR) is 73.4 cm³/mol. The number of hydrogen-bond acceptors (Lipinski definition) is 3. The van der Waals surface area contributed by atoms with Gasteiger partial charge in [0, 0.05) is 34.8 Å². The van der Waals surface area contributed by atoms with Crippen molar-refractivity contribution >= 4 is 27.7 Å². The number of thioether (sulfide) groups is 1. The predicted octanol–water partition coefficient (Wildman–Crippen LogP) is 3.23. The molecule has 1 atom stereocenters. The molecule has 0 aliphatic carbocycles. The average Bonchev–Trinajstić information content (AvgIpc) is 2.30. The molecule has 1 N–H and O–H groups in total. The number of ether oxygens (including phenoxy) is 1. The van der Waals surface area contributed by atoms with Gasteiger partial charge >= 0.3 is 0 Å². The standard InChI is InChI=1S/C12H16BrNOS/c1-16-7-5-14-11-4-6-15-12-3-2-9(13)8-10(11)12/h2-3,8,11,14H,4-7H2,1H3. The molecular formula is C12H16BrNOS. The molecule has 0 saturated heterocycles. The van der Waals surface area contributed by atoms with E-state index in [9.17, 15) is 0 Å². The van der Waals surface area contributed by atoms with E-state index in [-0.39, 0.29) is 0 Å². The van der Waals surface area contributed by atoms with Crippen LogP contribution in [0, 0.1) is 0 Å². The second kappa shape index (κ2) is 5.94. The highest BCUT2D eigenvalue weighted by Crippen LogP contribution is 2.33. The molecule has 0 amide bonds. The average molecular weight is 302 g/mol. The summed E-state index contributed by atoms with van der Waals surface area (Å²) in [7, 11) is 0. The summed E-state index contributed by atoms with van der Waals surface area (Å²) in [5.41, 5.74) is 1.28. The van der Waals surface area contributed by atoms with Crippen molar-refractivity contribution in [1.29, 1.82) is 0 Å². The summed E-state index contributed by atoms with van der Waals surface area (Å²) in [6.07, 6.45) is 3.19. The third kappa shape index (κ3) is 2.93. The normalized spacial score (nSPS) is 19.0. The Bertz CT molecular complexity index is 359. The zero-order chi connectivity index (χ0) is 11.4. The van der Waals surface area contributed by atoms with Crippen LogP contribution in [0.3, 0.4) is 0 Å². The molecule has 2 rings (SSSR count). The first kappa shape index (κ1) is 12.3. The molecule has 1 heterocycles. The maximum Gasteiger partial charge on any atom is 0.124 e. The van der Waals surface area contributed by atoms with Crippen molar-refractivity contribution in [3.63, 3.8) is 0 Å². The third-order valence-corrected chi connectivity index (χ3v) is 3.81. The highest BCUT2D eigenvalue weighted by molar-refractivity contribution is 9.10. The van der Waals surface area contributed by atoms with Gasteiger partial charge in [-0.2, -0.15) is 11.8 Å². The molecule has 16 heavy (non-hydrogen) atoms. The summed E-state index contributed by atoms with van der Waals surface area (Å²) in [6.45, 7) is 1.86. The summed E-state index contributed by atoms with van der Waals surface area (Å²) >= 11 is 5.38. The van der Waals surface area contributed by atoms with E-state index in [2.05, 4.69) is 33.6 Å². The molecule has 0 radical (unpaired) electrons. The van der Waals surface area contributed by atoms with Gasteiger partial charge in [0.15, 0.2) is 0 Å². The van der Waals surface area contributed by atoms with Crippen LogP contribution in [0.5, 0.6) is 5.75 Å². The quantitative estimate of drug-likeness (QED) is 0.863. The molecule has 0 fully saturated rings. The molecule has 1 aromatic rings. The van der Waals surface area contributed by atoms with E-state index in [0.29, 0.717) is 6.04 Å². The zero-order valence-corrected chi connectivity index (χ0v) is 11.7. The van der Waals surface area contributed by atoms with Crippen molar-refractivity contribution < 1.29 is 4.74 Å². The Balaban J connectivity index is 2.09. The second-order valence-corrected chi connectivity index (χ2v) is 5.72. The van der Waals surface area contributed by atoms with Crippen molar-refractivity contribution in [3.05, 3.63) is 28.2 Å². The van der Waals surface area contributed by atoms with E-state index in [1.807, 2.05) is 23.9 Å². The number of fused-ring (bicyclic) bond motifs is 1. The minimum atomic E-state index is 0.438. The first-order valence-electron chi connectivity index (χ1n) is 5.46. The monoisotopic (exact) mass is 301 g/mol. The third-order valence-electron chi connectivity index (χ3n) is 2.71. The van der Waals surface area contributed by atoms with Crippen LogP contribution in [0.25, 0.3) is 0 Å². The molecule has 88 valence electrons. The molecule has 1 aliphatic rings. The molecule has 0 bridgehead atoms. The van der Waals surface area contributed by atoms with Gasteiger partial charge in [0.05, 0.1) is 6.61 Å². The van der Waals surface area contributed by atoms with Gasteiger partial charge < -0.3 is 10.1 Å².